The number of aryl methyl sites for hydroxylation is 1. The van der Waals surface area contributed by atoms with Gasteiger partial charge >= 0.3 is 0 Å². The molecule has 1 aromatic carbocycles. The van der Waals surface area contributed by atoms with Gasteiger partial charge in [0.2, 0.25) is 5.91 Å². The van der Waals surface area contributed by atoms with Gasteiger partial charge in [0.25, 0.3) is 0 Å². The van der Waals surface area contributed by atoms with Crippen LogP contribution in [0.25, 0.3) is 0 Å². The van der Waals surface area contributed by atoms with Crippen molar-refractivity contribution in [1.29, 1.82) is 0 Å². The van der Waals surface area contributed by atoms with E-state index >= 15 is 0 Å². The molecule has 0 spiro atoms. The Morgan fingerprint density at radius 2 is 2.08 bits per heavy atom. The molecule has 0 aliphatic carbocycles. The summed E-state index contributed by atoms with van der Waals surface area (Å²) in [5.41, 5.74) is 3.14. The second kappa shape index (κ2) is 9.08. The number of hydrogen-bond donors (Lipinski definition) is 3. The number of nitrogens with zero attached hydrogens (tertiary/aromatic N) is 1. The molecule has 5 nitrogen and oxygen atoms in total. The molecule has 0 aliphatic rings. The highest BCUT2D eigenvalue weighted by atomic mass is 32.1. The summed E-state index contributed by atoms with van der Waals surface area (Å²) in [5.74, 6) is 0.715. The van der Waals surface area contributed by atoms with Gasteiger partial charge in [0, 0.05) is 24.0 Å². The van der Waals surface area contributed by atoms with E-state index in [2.05, 4.69) is 39.3 Å². The van der Waals surface area contributed by atoms with Crippen LogP contribution in [0.4, 0.5) is 5.69 Å². The van der Waals surface area contributed by atoms with Crippen LogP contribution in [-0.2, 0) is 17.9 Å². The molecule has 0 unspecified atom stereocenters. The molecule has 1 amide bonds. The number of anilines is 1. The van der Waals surface area contributed by atoms with Crippen LogP contribution < -0.4 is 16.0 Å². The van der Waals surface area contributed by atoms with Crippen molar-refractivity contribution < 1.29 is 4.79 Å². The summed E-state index contributed by atoms with van der Waals surface area (Å²) in [7, 11) is 0. The molecular formula is C18H24N4OS. The quantitative estimate of drug-likeness (QED) is 0.557. The van der Waals surface area contributed by atoms with Crippen molar-refractivity contribution in [3.8, 4) is 0 Å². The molecule has 3 N–H and O–H groups in total. The standard InChI is InChI=1S/C18H24N4OS/c1-4-19-18(21-12-17-13(2)8-9-24-17)20-11-15-6-5-7-16(10-15)22-14(3)23/h5-10H,4,11-12H2,1-3H3,(H,22,23)(H2,19,20,21). The van der Waals surface area contributed by atoms with Crippen LogP contribution >= 0.6 is 11.3 Å². The highest BCUT2D eigenvalue weighted by Crippen LogP contribution is 2.15. The summed E-state index contributed by atoms with van der Waals surface area (Å²) in [5, 5.41) is 11.5. The van der Waals surface area contributed by atoms with Crippen LogP contribution in [0.1, 0.15) is 29.9 Å². The van der Waals surface area contributed by atoms with Gasteiger partial charge in [-0.15, -0.1) is 11.3 Å². The summed E-state index contributed by atoms with van der Waals surface area (Å²) in [6, 6.07) is 9.86. The Labute approximate surface area is 147 Å². The predicted octanol–water partition coefficient (Wildman–Crippen LogP) is 3.27. The first-order chi connectivity index (χ1) is 11.6. The molecule has 1 heterocycles. The zero-order chi connectivity index (χ0) is 17.4. The molecule has 0 saturated carbocycles. The van der Waals surface area contributed by atoms with Crippen LogP contribution in [0.5, 0.6) is 0 Å². The molecule has 2 aromatic rings. The highest BCUT2D eigenvalue weighted by molar-refractivity contribution is 7.10. The summed E-state index contributed by atoms with van der Waals surface area (Å²) in [4.78, 5) is 17.1. The molecule has 0 aliphatic heterocycles. The molecule has 0 atom stereocenters. The number of guanidine groups is 1. The SMILES string of the molecule is CCNC(=NCc1cccc(NC(C)=O)c1)NCc1sccc1C. The van der Waals surface area contributed by atoms with E-state index in [0.717, 1.165) is 30.3 Å². The number of carbonyl (C=O) groups excluding carboxylic acids is 1. The van der Waals surface area contributed by atoms with Crippen LogP contribution in [0.2, 0.25) is 0 Å². The third kappa shape index (κ3) is 5.70. The molecule has 0 saturated heterocycles. The topological polar surface area (TPSA) is 65.5 Å². The minimum atomic E-state index is -0.0722. The first-order valence-electron chi connectivity index (χ1n) is 8.00. The predicted molar refractivity (Wildman–Crippen MR) is 101 cm³/mol. The first-order valence-corrected chi connectivity index (χ1v) is 8.88. The number of aliphatic imine (C=N–C) groups is 1. The Morgan fingerprint density at radius 3 is 2.75 bits per heavy atom. The Bertz CT molecular complexity index is 709. The smallest absolute Gasteiger partial charge is 0.221 e. The van der Waals surface area contributed by atoms with Gasteiger partial charge in [0.1, 0.15) is 0 Å². The summed E-state index contributed by atoms with van der Waals surface area (Å²) in [6.07, 6.45) is 0. The number of rotatable bonds is 6. The molecule has 0 radical (unpaired) electrons. The van der Waals surface area contributed by atoms with E-state index in [1.807, 2.05) is 31.2 Å². The third-order valence-corrected chi connectivity index (χ3v) is 4.42. The van der Waals surface area contributed by atoms with Crippen molar-refractivity contribution in [2.75, 3.05) is 11.9 Å². The fraction of sp³-hybridized carbons (Fsp3) is 0.333. The van der Waals surface area contributed by atoms with Crippen molar-refractivity contribution in [3.05, 3.63) is 51.7 Å². The van der Waals surface area contributed by atoms with Crippen LogP contribution in [0.15, 0.2) is 40.7 Å². The number of amides is 1. The van der Waals surface area contributed by atoms with Gasteiger partial charge in [-0.1, -0.05) is 12.1 Å². The van der Waals surface area contributed by atoms with Crippen molar-refractivity contribution >= 4 is 28.9 Å². The first kappa shape index (κ1) is 18.0. The lowest BCUT2D eigenvalue weighted by atomic mass is 10.2. The van der Waals surface area contributed by atoms with Crippen molar-refractivity contribution in [2.45, 2.75) is 33.9 Å². The fourth-order valence-electron chi connectivity index (χ4n) is 2.21. The lowest BCUT2D eigenvalue weighted by molar-refractivity contribution is -0.114. The average Bonchev–Trinajstić information content (AvgIpc) is 2.95. The van der Waals surface area contributed by atoms with E-state index in [9.17, 15) is 4.79 Å². The molecule has 128 valence electrons. The van der Waals surface area contributed by atoms with Gasteiger partial charge in [0.05, 0.1) is 13.1 Å². The Kier molecular flexibility index (Phi) is 6.81. The van der Waals surface area contributed by atoms with E-state index in [1.54, 1.807) is 11.3 Å². The number of thiophene rings is 1. The molecular weight excluding hydrogens is 320 g/mol. The molecule has 2 rings (SSSR count). The average molecular weight is 344 g/mol. The van der Waals surface area contributed by atoms with Crippen molar-refractivity contribution in [3.63, 3.8) is 0 Å². The number of hydrogen-bond acceptors (Lipinski definition) is 3. The summed E-state index contributed by atoms with van der Waals surface area (Å²) < 4.78 is 0. The Balaban J connectivity index is 1.99. The van der Waals surface area contributed by atoms with Crippen LogP contribution in [0, 0.1) is 6.92 Å². The molecule has 24 heavy (non-hydrogen) atoms. The van der Waals surface area contributed by atoms with Crippen LogP contribution in [0.3, 0.4) is 0 Å². The molecule has 6 heteroatoms. The third-order valence-electron chi connectivity index (χ3n) is 3.40. The van der Waals surface area contributed by atoms with E-state index in [4.69, 9.17) is 0 Å². The van der Waals surface area contributed by atoms with E-state index in [0.29, 0.717) is 6.54 Å². The Hall–Kier alpha value is -2.34. The van der Waals surface area contributed by atoms with Gasteiger partial charge in [-0.05, 0) is 48.6 Å². The molecule has 1 aromatic heterocycles. The lowest BCUT2D eigenvalue weighted by Gasteiger charge is -2.11. The van der Waals surface area contributed by atoms with Crippen molar-refractivity contribution in [2.24, 2.45) is 4.99 Å². The zero-order valence-electron chi connectivity index (χ0n) is 14.3. The second-order valence-corrected chi connectivity index (χ2v) is 6.46. The number of carbonyl (C=O) groups is 1. The zero-order valence-corrected chi connectivity index (χ0v) is 15.2. The second-order valence-electron chi connectivity index (χ2n) is 5.46. The minimum absolute atomic E-state index is 0.0722. The maximum atomic E-state index is 11.1. The fourth-order valence-corrected chi connectivity index (χ4v) is 3.06. The normalized spacial score (nSPS) is 11.2. The monoisotopic (exact) mass is 344 g/mol. The summed E-state index contributed by atoms with van der Waals surface area (Å²) in [6.45, 7) is 7.79. The van der Waals surface area contributed by atoms with Crippen molar-refractivity contribution in [1.82, 2.24) is 10.6 Å². The van der Waals surface area contributed by atoms with Gasteiger partial charge in [-0.3, -0.25) is 4.79 Å². The van der Waals surface area contributed by atoms with Gasteiger partial charge in [0.15, 0.2) is 5.96 Å². The van der Waals surface area contributed by atoms with Gasteiger partial charge in [-0.2, -0.15) is 0 Å². The van der Waals surface area contributed by atoms with Crippen LogP contribution in [-0.4, -0.2) is 18.4 Å². The largest absolute Gasteiger partial charge is 0.357 e. The molecule has 0 fully saturated rings. The Morgan fingerprint density at radius 1 is 1.25 bits per heavy atom. The maximum Gasteiger partial charge on any atom is 0.221 e. The van der Waals surface area contributed by atoms with E-state index in [-0.39, 0.29) is 5.91 Å². The molecule has 0 bridgehead atoms. The summed E-state index contributed by atoms with van der Waals surface area (Å²) >= 11 is 1.75. The van der Waals surface area contributed by atoms with E-state index in [1.165, 1.54) is 17.4 Å². The number of nitrogens with one attached hydrogen (secondary N) is 3. The highest BCUT2D eigenvalue weighted by Gasteiger charge is 2.03. The lowest BCUT2D eigenvalue weighted by Crippen LogP contribution is -2.36. The van der Waals surface area contributed by atoms with Gasteiger partial charge in [-0.25, -0.2) is 4.99 Å². The minimum Gasteiger partial charge on any atom is -0.357 e. The number of benzene rings is 1. The maximum absolute atomic E-state index is 11.1. The van der Waals surface area contributed by atoms with E-state index < -0.39 is 0 Å². The van der Waals surface area contributed by atoms with Gasteiger partial charge < -0.3 is 16.0 Å².